The van der Waals surface area contributed by atoms with E-state index in [9.17, 15) is 9.59 Å². The van der Waals surface area contributed by atoms with Crippen LogP contribution in [0, 0.1) is 0 Å². The highest BCUT2D eigenvalue weighted by atomic mass is 16.2. The summed E-state index contributed by atoms with van der Waals surface area (Å²) in [6.07, 6.45) is 5.08. The van der Waals surface area contributed by atoms with Gasteiger partial charge >= 0.3 is 0 Å². The van der Waals surface area contributed by atoms with Crippen LogP contribution >= 0.6 is 0 Å². The molecule has 27 heavy (non-hydrogen) atoms. The van der Waals surface area contributed by atoms with E-state index in [1.165, 1.54) is 0 Å². The molecule has 0 aliphatic rings. The average molecular weight is 366 g/mol. The molecule has 0 radical (unpaired) electrons. The van der Waals surface area contributed by atoms with Crippen LogP contribution in [0.5, 0.6) is 0 Å². The van der Waals surface area contributed by atoms with Crippen molar-refractivity contribution < 1.29 is 9.59 Å². The second-order valence-corrected chi connectivity index (χ2v) is 6.34. The van der Waals surface area contributed by atoms with E-state index >= 15 is 0 Å². The smallest absolute Gasteiger partial charge is 0.287 e. The minimum atomic E-state index is -0.354. The van der Waals surface area contributed by atoms with Crippen LogP contribution < -0.4 is 10.6 Å². The summed E-state index contributed by atoms with van der Waals surface area (Å²) in [5, 5.41) is 5.65. The van der Waals surface area contributed by atoms with E-state index in [-0.39, 0.29) is 23.3 Å². The van der Waals surface area contributed by atoms with Gasteiger partial charge in [-0.1, -0.05) is 12.1 Å². The number of rotatable bonds is 7. The molecule has 3 aromatic heterocycles. The number of hydrogen-bond donors (Lipinski definition) is 2. The number of imidazole rings is 1. The first-order valence-corrected chi connectivity index (χ1v) is 8.63. The Morgan fingerprint density at radius 3 is 2.70 bits per heavy atom. The van der Waals surface area contributed by atoms with Crippen LogP contribution in [0.3, 0.4) is 0 Å². The minimum Gasteiger partial charge on any atom is -0.349 e. The number of nitrogens with one attached hydrogen (secondary N) is 2. The fourth-order valence-electron chi connectivity index (χ4n) is 2.61. The summed E-state index contributed by atoms with van der Waals surface area (Å²) in [5.74, 6) is -0.480. The predicted molar refractivity (Wildman–Crippen MR) is 101 cm³/mol. The van der Waals surface area contributed by atoms with Gasteiger partial charge in [0, 0.05) is 38.2 Å². The van der Waals surface area contributed by atoms with Gasteiger partial charge in [-0.3, -0.25) is 19.0 Å². The van der Waals surface area contributed by atoms with Crippen molar-refractivity contribution >= 4 is 17.3 Å². The van der Waals surface area contributed by atoms with Crippen LogP contribution in [0.1, 0.15) is 26.7 Å². The van der Waals surface area contributed by atoms with Crippen LogP contribution in [0.2, 0.25) is 0 Å². The van der Waals surface area contributed by atoms with Crippen LogP contribution in [-0.2, 0) is 6.54 Å². The molecule has 0 aliphatic heterocycles. The van der Waals surface area contributed by atoms with Gasteiger partial charge in [-0.15, -0.1) is 0 Å². The molecule has 3 rings (SSSR count). The molecule has 8 nitrogen and oxygen atoms in total. The van der Waals surface area contributed by atoms with Crippen molar-refractivity contribution in [3.63, 3.8) is 0 Å². The SMILES string of the molecule is CN(C)CCNC(=O)c1nc(C(=O)NCc2cccnc2)n2ccccc12. The van der Waals surface area contributed by atoms with Gasteiger partial charge in [0.25, 0.3) is 11.8 Å². The molecule has 0 fully saturated rings. The number of aromatic nitrogens is 3. The van der Waals surface area contributed by atoms with Crippen molar-refractivity contribution in [2.45, 2.75) is 6.54 Å². The quantitative estimate of drug-likeness (QED) is 0.650. The molecule has 0 saturated heterocycles. The molecule has 0 aromatic carbocycles. The van der Waals surface area contributed by atoms with Crippen LogP contribution in [0.25, 0.3) is 5.52 Å². The molecule has 0 bridgehead atoms. The maximum Gasteiger partial charge on any atom is 0.287 e. The largest absolute Gasteiger partial charge is 0.349 e. The molecule has 0 unspecified atom stereocenters. The molecule has 0 atom stereocenters. The lowest BCUT2D eigenvalue weighted by molar-refractivity contribution is 0.0939. The molecular weight excluding hydrogens is 344 g/mol. The first-order chi connectivity index (χ1) is 13.1. The zero-order chi connectivity index (χ0) is 19.2. The normalized spacial score (nSPS) is 10.9. The molecule has 3 heterocycles. The summed E-state index contributed by atoms with van der Waals surface area (Å²) in [4.78, 5) is 35.4. The fourth-order valence-corrected chi connectivity index (χ4v) is 2.61. The fraction of sp³-hybridized carbons (Fsp3) is 0.263. The number of fused-ring (bicyclic) bond motifs is 1. The zero-order valence-corrected chi connectivity index (χ0v) is 15.3. The molecule has 0 spiro atoms. The van der Waals surface area contributed by atoms with Crippen molar-refractivity contribution in [1.29, 1.82) is 0 Å². The molecule has 2 N–H and O–H groups in total. The molecule has 140 valence electrons. The number of likely N-dealkylation sites (N-methyl/N-ethyl adjacent to an activating group) is 1. The third kappa shape index (κ3) is 4.48. The Morgan fingerprint density at radius 2 is 1.96 bits per heavy atom. The second kappa shape index (κ2) is 8.41. The van der Waals surface area contributed by atoms with Gasteiger partial charge in [-0.05, 0) is 37.9 Å². The number of pyridine rings is 2. The molecule has 3 aromatic rings. The maximum absolute atomic E-state index is 12.6. The van der Waals surface area contributed by atoms with Gasteiger partial charge in [0.2, 0.25) is 5.82 Å². The van der Waals surface area contributed by atoms with Crippen molar-refractivity contribution in [2.75, 3.05) is 27.2 Å². The Morgan fingerprint density at radius 1 is 1.11 bits per heavy atom. The van der Waals surface area contributed by atoms with E-state index in [4.69, 9.17) is 0 Å². The monoisotopic (exact) mass is 366 g/mol. The first-order valence-electron chi connectivity index (χ1n) is 8.63. The number of hydrogen-bond acceptors (Lipinski definition) is 5. The average Bonchev–Trinajstić information content (AvgIpc) is 3.06. The Balaban J connectivity index is 1.79. The van der Waals surface area contributed by atoms with Gasteiger partial charge in [0.1, 0.15) is 0 Å². The van der Waals surface area contributed by atoms with E-state index in [1.807, 2.05) is 37.2 Å². The van der Waals surface area contributed by atoms with Gasteiger partial charge in [0.05, 0.1) is 5.52 Å². The van der Waals surface area contributed by atoms with Gasteiger partial charge in [-0.2, -0.15) is 0 Å². The molecule has 8 heteroatoms. The third-order valence-corrected chi connectivity index (χ3v) is 3.99. The number of carbonyl (C=O) groups excluding carboxylic acids is 2. The summed E-state index contributed by atoms with van der Waals surface area (Å²) in [7, 11) is 3.87. The predicted octanol–water partition coefficient (Wildman–Crippen LogP) is 0.951. The van der Waals surface area contributed by atoms with Crippen LogP contribution in [0.4, 0.5) is 0 Å². The Hall–Kier alpha value is -3.26. The van der Waals surface area contributed by atoms with E-state index in [0.29, 0.717) is 18.6 Å². The topological polar surface area (TPSA) is 91.6 Å². The molecule has 0 aliphatic carbocycles. The zero-order valence-electron chi connectivity index (χ0n) is 15.3. The number of amides is 2. The Labute approximate surface area is 157 Å². The van der Waals surface area contributed by atoms with E-state index in [2.05, 4.69) is 20.6 Å². The summed E-state index contributed by atoms with van der Waals surface area (Å²) < 4.78 is 1.62. The Kier molecular flexibility index (Phi) is 5.77. The van der Waals surface area contributed by atoms with Gasteiger partial charge in [-0.25, -0.2) is 4.98 Å². The van der Waals surface area contributed by atoms with Gasteiger partial charge in [0.15, 0.2) is 5.69 Å². The highest BCUT2D eigenvalue weighted by Crippen LogP contribution is 2.13. The third-order valence-electron chi connectivity index (χ3n) is 3.99. The van der Waals surface area contributed by atoms with Crippen molar-refractivity contribution in [3.8, 4) is 0 Å². The first kappa shape index (κ1) is 18.5. The molecule has 2 amide bonds. The molecular formula is C19H22N6O2. The Bertz CT molecular complexity index is 936. The summed E-state index contributed by atoms with van der Waals surface area (Å²) in [6.45, 7) is 1.55. The summed E-state index contributed by atoms with van der Waals surface area (Å²) >= 11 is 0. The van der Waals surface area contributed by atoms with Crippen LogP contribution in [0.15, 0.2) is 48.9 Å². The number of carbonyl (C=O) groups is 2. The standard InChI is InChI=1S/C19H22N6O2/c1-24(2)11-9-21-18(26)16-15-7-3-4-10-25(15)17(23-16)19(27)22-13-14-6-5-8-20-12-14/h3-8,10,12H,9,11,13H2,1-2H3,(H,21,26)(H,22,27). The van der Waals surface area contributed by atoms with Crippen molar-refractivity contribution in [1.82, 2.24) is 29.9 Å². The maximum atomic E-state index is 12.6. The lowest BCUT2D eigenvalue weighted by Gasteiger charge is -2.09. The summed E-state index contributed by atoms with van der Waals surface area (Å²) in [6, 6.07) is 9.06. The minimum absolute atomic E-state index is 0.173. The highest BCUT2D eigenvalue weighted by Gasteiger charge is 2.21. The van der Waals surface area contributed by atoms with Gasteiger partial charge < -0.3 is 15.5 Å². The van der Waals surface area contributed by atoms with E-state index in [1.54, 1.807) is 35.1 Å². The van der Waals surface area contributed by atoms with Crippen LogP contribution in [-0.4, -0.2) is 58.3 Å². The van der Waals surface area contributed by atoms with Crippen molar-refractivity contribution in [3.05, 3.63) is 66.0 Å². The van der Waals surface area contributed by atoms with E-state index < -0.39 is 0 Å². The second-order valence-electron chi connectivity index (χ2n) is 6.34. The summed E-state index contributed by atoms with van der Waals surface area (Å²) in [5.41, 5.74) is 1.71. The van der Waals surface area contributed by atoms with Crippen molar-refractivity contribution in [2.24, 2.45) is 0 Å². The lowest BCUT2D eigenvalue weighted by Crippen LogP contribution is -2.31. The van der Waals surface area contributed by atoms with E-state index in [0.717, 1.165) is 12.1 Å². The highest BCUT2D eigenvalue weighted by molar-refractivity contribution is 6.02. The number of nitrogens with zero attached hydrogens (tertiary/aromatic N) is 4. The molecule has 0 saturated carbocycles. The lowest BCUT2D eigenvalue weighted by atomic mass is 10.3.